The Kier molecular flexibility index (Phi) is 5.76. The van der Waals surface area contributed by atoms with Crippen LogP contribution in [0.3, 0.4) is 0 Å². The van der Waals surface area contributed by atoms with Crippen LogP contribution in [0.25, 0.3) is 11.2 Å². The van der Waals surface area contributed by atoms with E-state index in [0.29, 0.717) is 18.0 Å². The fourth-order valence-electron chi connectivity index (χ4n) is 2.18. The lowest BCUT2D eigenvalue weighted by atomic mass is 10.4. The van der Waals surface area contributed by atoms with Crippen LogP contribution < -0.4 is 4.74 Å². The third-order valence-electron chi connectivity index (χ3n) is 3.10. The van der Waals surface area contributed by atoms with Gasteiger partial charge in [0, 0.05) is 19.8 Å². The van der Waals surface area contributed by atoms with Crippen molar-refractivity contribution in [3.8, 4) is 5.88 Å². The molecule has 0 aliphatic carbocycles. The van der Waals surface area contributed by atoms with E-state index in [1.54, 1.807) is 7.11 Å². The van der Waals surface area contributed by atoms with Crippen molar-refractivity contribution in [3.05, 3.63) is 12.2 Å². The number of rotatable bonds is 8. The molecule has 0 amide bonds. The molecule has 21 heavy (non-hydrogen) atoms. The molecule has 0 fully saturated rings. The molecule has 0 saturated carbocycles. The predicted octanol–water partition coefficient (Wildman–Crippen LogP) is 2.95. The molecule has 2 rings (SSSR count). The summed E-state index contributed by atoms with van der Waals surface area (Å²) in [5.74, 6) is 1.25. The summed E-state index contributed by atoms with van der Waals surface area (Å²) in [6.07, 6.45) is 3.40. The van der Waals surface area contributed by atoms with Crippen molar-refractivity contribution in [2.24, 2.45) is 0 Å². The van der Waals surface area contributed by atoms with E-state index in [1.165, 1.54) is 6.33 Å². The fourth-order valence-corrected chi connectivity index (χ4v) is 2.34. The Morgan fingerprint density at radius 3 is 2.81 bits per heavy atom. The van der Waals surface area contributed by atoms with Crippen LogP contribution in [0.2, 0.25) is 0 Å². The SMILES string of the molecule is CCCOCCCn1c(C(C)Cl)nc2c(OC)ncnc21. The summed E-state index contributed by atoms with van der Waals surface area (Å²) in [6, 6.07) is 0. The average Bonchev–Trinajstić information content (AvgIpc) is 2.86. The lowest BCUT2D eigenvalue weighted by Crippen LogP contribution is -2.08. The van der Waals surface area contributed by atoms with Gasteiger partial charge in [0.25, 0.3) is 0 Å². The van der Waals surface area contributed by atoms with Crippen LogP contribution in [0.5, 0.6) is 5.88 Å². The Morgan fingerprint density at radius 2 is 2.14 bits per heavy atom. The normalized spacial score (nSPS) is 12.8. The summed E-state index contributed by atoms with van der Waals surface area (Å²) in [7, 11) is 1.57. The molecule has 0 aliphatic heterocycles. The van der Waals surface area contributed by atoms with Gasteiger partial charge in [-0.2, -0.15) is 4.98 Å². The molecule has 0 saturated heterocycles. The van der Waals surface area contributed by atoms with Crippen LogP contribution in [0.1, 0.15) is 37.9 Å². The fraction of sp³-hybridized carbons (Fsp3) is 0.643. The smallest absolute Gasteiger partial charge is 0.245 e. The summed E-state index contributed by atoms with van der Waals surface area (Å²) in [6.45, 7) is 6.25. The van der Waals surface area contributed by atoms with Crippen molar-refractivity contribution in [3.63, 3.8) is 0 Å². The quantitative estimate of drug-likeness (QED) is 0.554. The molecule has 0 bridgehead atoms. The van der Waals surface area contributed by atoms with Gasteiger partial charge in [0.15, 0.2) is 11.2 Å². The minimum atomic E-state index is -0.208. The van der Waals surface area contributed by atoms with Gasteiger partial charge in [-0.25, -0.2) is 9.97 Å². The highest BCUT2D eigenvalue weighted by molar-refractivity contribution is 6.20. The Morgan fingerprint density at radius 1 is 1.33 bits per heavy atom. The highest BCUT2D eigenvalue weighted by Gasteiger charge is 2.18. The first-order chi connectivity index (χ1) is 10.2. The van der Waals surface area contributed by atoms with Crippen molar-refractivity contribution < 1.29 is 9.47 Å². The molecule has 0 spiro atoms. The average molecular weight is 313 g/mol. The van der Waals surface area contributed by atoms with Crippen molar-refractivity contribution >= 4 is 22.8 Å². The molecule has 2 heterocycles. The number of hydrogen-bond donors (Lipinski definition) is 0. The molecule has 1 atom stereocenters. The van der Waals surface area contributed by atoms with E-state index in [9.17, 15) is 0 Å². The molecule has 0 radical (unpaired) electrons. The van der Waals surface area contributed by atoms with Gasteiger partial charge < -0.3 is 14.0 Å². The largest absolute Gasteiger partial charge is 0.479 e. The van der Waals surface area contributed by atoms with Gasteiger partial charge in [0.05, 0.1) is 12.5 Å². The number of alkyl halides is 1. The molecular formula is C14H21ClN4O2. The molecule has 6 nitrogen and oxygen atoms in total. The number of nitrogens with zero attached hydrogens (tertiary/aromatic N) is 4. The summed E-state index contributed by atoms with van der Waals surface area (Å²) < 4.78 is 12.8. The maximum Gasteiger partial charge on any atom is 0.245 e. The molecule has 1 unspecified atom stereocenters. The monoisotopic (exact) mass is 312 g/mol. The van der Waals surface area contributed by atoms with Crippen LogP contribution >= 0.6 is 11.6 Å². The molecule has 116 valence electrons. The van der Waals surface area contributed by atoms with Gasteiger partial charge in [-0.1, -0.05) is 6.92 Å². The number of fused-ring (bicyclic) bond motifs is 1. The van der Waals surface area contributed by atoms with Gasteiger partial charge in [0.1, 0.15) is 12.2 Å². The van der Waals surface area contributed by atoms with Gasteiger partial charge in [0.2, 0.25) is 5.88 Å². The first kappa shape index (κ1) is 16.0. The van der Waals surface area contributed by atoms with E-state index in [4.69, 9.17) is 21.1 Å². The van der Waals surface area contributed by atoms with Gasteiger partial charge in [-0.15, -0.1) is 11.6 Å². The van der Waals surface area contributed by atoms with Crippen molar-refractivity contribution in [2.75, 3.05) is 20.3 Å². The molecule has 0 aliphatic rings. The Balaban J connectivity index is 2.25. The number of methoxy groups -OCH3 is 1. The van der Waals surface area contributed by atoms with Gasteiger partial charge >= 0.3 is 0 Å². The van der Waals surface area contributed by atoms with Gasteiger partial charge in [-0.3, -0.25) is 0 Å². The second kappa shape index (κ2) is 7.56. The van der Waals surface area contributed by atoms with Crippen molar-refractivity contribution in [1.29, 1.82) is 0 Å². The zero-order valence-corrected chi connectivity index (χ0v) is 13.4. The highest BCUT2D eigenvalue weighted by atomic mass is 35.5. The summed E-state index contributed by atoms with van der Waals surface area (Å²) in [4.78, 5) is 12.9. The number of hydrogen-bond acceptors (Lipinski definition) is 5. The molecule has 0 aromatic carbocycles. The summed E-state index contributed by atoms with van der Waals surface area (Å²) in [5, 5.41) is -0.208. The topological polar surface area (TPSA) is 62.1 Å². The number of aromatic nitrogens is 4. The van der Waals surface area contributed by atoms with Crippen LogP contribution in [-0.2, 0) is 11.3 Å². The minimum Gasteiger partial charge on any atom is -0.479 e. The van der Waals surface area contributed by atoms with E-state index >= 15 is 0 Å². The Hall–Kier alpha value is -1.40. The second-order valence-electron chi connectivity index (χ2n) is 4.76. The predicted molar refractivity (Wildman–Crippen MR) is 81.9 cm³/mol. The van der Waals surface area contributed by atoms with Gasteiger partial charge in [-0.05, 0) is 19.8 Å². The summed E-state index contributed by atoms with van der Waals surface area (Å²) >= 11 is 6.23. The van der Waals surface area contributed by atoms with E-state index in [0.717, 1.165) is 37.5 Å². The molecule has 2 aromatic heterocycles. The van der Waals surface area contributed by atoms with E-state index < -0.39 is 0 Å². The van der Waals surface area contributed by atoms with Crippen molar-refractivity contribution in [1.82, 2.24) is 19.5 Å². The van der Waals surface area contributed by atoms with Crippen LogP contribution in [0, 0.1) is 0 Å². The maximum atomic E-state index is 6.23. The number of halogens is 1. The number of imidazole rings is 1. The number of ether oxygens (including phenoxy) is 2. The molecular weight excluding hydrogens is 292 g/mol. The standard InChI is InChI=1S/C14H21ClN4O2/c1-4-7-21-8-5-6-19-12(10(2)15)18-11-13(19)16-9-17-14(11)20-3/h9-10H,4-8H2,1-3H3. The minimum absolute atomic E-state index is 0.208. The first-order valence-electron chi connectivity index (χ1n) is 7.16. The maximum absolute atomic E-state index is 6.23. The lowest BCUT2D eigenvalue weighted by Gasteiger charge is -2.10. The molecule has 0 N–H and O–H groups in total. The first-order valence-corrected chi connectivity index (χ1v) is 7.59. The van der Waals surface area contributed by atoms with E-state index in [1.807, 2.05) is 11.5 Å². The second-order valence-corrected chi connectivity index (χ2v) is 5.41. The van der Waals surface area contributed by atoms with E-state index in [-0.39, 0.29) is 5.38 Å². The number of aryl methyl sites for hydroxylation is 1. The third kappa shape index (κ3) is 3.63. The Labute approximate surface area is 129 Å². The van der Waals surface area contributed by atoms with E-state index in [2.05, 4.69) is 21.9 Å². The molecule has 2 aromatic rings. The van der Waals surface area contributed by atoms with Crippen LogP contribution in [0.15, 0.2) is 6.33 Å². The Bertz CT molecular complexity index is 586. The van der Waals surface area contributed by atoms with Crippen molar-refractivity contribution in [2.45, 2.75) is 38.6 Å². The highest BCUT2D eigenvalue weighted by Crippen LogP contribution is 2.27. The lowest BCUT2D eigenvalue weighted by molar-refractivity contribution is 0.129. The third-order valence-corrected chi connectivity index (χ3v) is 3.29. The zero-order valence-electron chi connectivity index (χ0n) is 12.7. The van der Waals surface area contributed by atoms with Crippen LogP contribution in [-0.4, -0.2) is 39.8 Å². The summed E-state index contributed by atoms with van der Waals surface area (Å²) in [5.41, 5.74) is 1.40. The zero-order chi connectivity index (χ0) is 15.2. The van der Waals surface area contributed by atoms with Crippen LogP contribution in [0.4, 0.5) is 0 Å². The molecule has 7 heteroatoms.